The fourth-order valence-electron chi connectivity index (χ4n) is 3.21. The zero-order valence-electron chi connectivity index (χ0n) is 18.9. The third-order valence-corrected chi connectivity index (χ3v) is 4.87. The molecule has 1 amide bonds. The van der Waals surface area contributed by atoms with Crippen molar-refractivity contribution in [1.82, 2.24) is 25.3 Å². The maximum Gasteiger partial charge on any atom is 0.434 e. The quantitative estimate of drug-likeness (QED) is 0.523. The molecular formula is C21H22F3N5O5. The van der Waals surface area contributed by atoms with Crippen molar-refractivity contribution in [2.75, 3.05) is 28.4 Å². The molecule has 13 heteroatoms. The maximum absolute atomic E-state index is 13.9. The van der Waals surface area contributed by atoms with Crippen molar-refractivity contribution < 1.29 is 36.9 Å². The molecule has 0 saturated carbocycles. The van der Waals surface area contributed by atoms with Crippen LogP contribution in [0.25, 0.3) is 5.82 Å². The number of aromatic nitrogens is 4. The molecule has 0 bridgehead atoms. The maximum atomic E-state index is 13.9. The zero-order valence-corrected chi connectivity index (χ0v) is 18.9. The first kappa shape index (κ1) is 24.6. The van der Waals surface area contributed by atoms with E-state index >= 15 is 0 Å². The molecule has 0 radical (unpaired) electrons. The van der Waals surface area contributed by atoms with Gasteiger partial charge in [0, 0.05) is 6.07 Å². The van der Waals surface area contributed by atoms with Gasteiger partial charge in [0.1, 0.15) is 0 Å². The van der Waals surface area contributed by atoms with Crippen molar-refractivity contribution in [1.29, 1.82) is 0 Å². The minimum Gasteiger partial charge on any atom is -0.493 e. The highest BCUT2D eigenvalue weighted by molar-refractivity contribution is 5.95. The van der Waals surface area contributed by atoms with Gasteiger partial charge in [0.15, 0.2) is 23.0 Å². The van der Waals surface area contributed by atoms with Crippen LogP contribution in [-0.4, -0.2) is 54.3 Å². The summed E-state index contributed by atoms with van der Waals surface area (Å²) in [5.41, 5.74) is -1.45. The van der Waals surface area contributed by atoms with E-state index in [-0.39, 0.29) is 11.7 Å². The van der Waals surface area contributed by atoms with Crippen molar-refractivity contribution in [3.05, 3.63) is 47.3 Å². The van der Waals surface area contributed by atoms with Crippen LogP contribution >= 0.6 is 0 Å². The van der Waals surface area contributed by atoms with Gasteiger partial charge in [-0.3, -0.25) is 4.79 Å². The van der Waals surface area contributed by atoms with E-state index in [1.165, 1.54) is 40.6 Å². The number of nitrogens with one attached hydrogen (secondary N) is 1. The van der Waals surface area contributed by atoms with Crippen LogP contribution in [0.1, 0.15) is 34.6 Å². The summed E-state index contributed by atoms with van der Waals surface area (Å²) in [6.07, 6.45) is -4.08. The highest BCUT2D eigenvalue weighted by Crippen LogP contribution is 2.40. The molecule has 0 saturated heterocycles. The first-order valence-electron chi connectivity index (χ1n) is 9.78. The fourth-order valence-corrected chi connectivity index (χ4v) is 3.21. The summed E-state index contributed by atoms with van der Waals surface area (Å²) in [5, 5.41) is 13.6. The number of hydrogen-bond donors (Lipinski definition) is 1. The number of ether oxygens (including phenoxy) is 4. The van der Waals surface area contributed by atoms with Gasteiger partial charge in [0.05, 0.1) is 46.2 Å². The molecule has 1 N–H and O–H groups in total. The molecule has 0 fully saturated rings. The summed E-state index contributed by atoms with van der Waals surface area (Å²) < 4.78 is 63.0. The lowest BCUT2D eigenvalue weighted by Gasteiger charge is -2.19. The van der Waals surface area contributed by atoms with Gasteiger partial charge in [-0.1, -0.05) is 0 Å². The summed E-state index contributed by atoms with van der Waals surface area (Å²) in [6, 6.07) is 5.04. The molecule has 2 aromatic heterocycles. The van der Waals surface area contributed by atoms with E-state index in [2.05, 4.69) is 20.6 Å². The number of alkyl halides is 3. The van der Waals surface area contributed by atoms with Gasteiger partial charge in [-0.05, 0) is 30.7 Å². The van der Waals surface area contributed by atoms with E-state index in [1.54, 1.807) is 19.1 Å². The molecule has 34 heavy (non-hydrogen) atoms. The normalized spacial score (nSPS) is 12.1. The lowest BCUT2D eigenvalue weighted by molar-refractivity contribution is -0.143. The van der Waals surface area contributed by atoms with Gasteiger partial charge in [-0.25, -0.2) is 4.68 Å². The number of halogens is 3. The van der Waals surface area contributed by atoms with Gasteiger partial charge in [0.2, 0.25) is 11.6 Å². The van der Waals surface area contributed by atoms with E-state index in [9.17, 15) is 18.0 Å². The van der Waals surface area contributed by atoms with E-state index in [0.29, 0.717) is 27.5 Å². The zero-order chi connectivity index (χ0) is 25.0. The first-order chi connectivity index (χ1) is 16.1. The van der Waals surface area contributed by atoms with E-state index < -0.39 is 29.4 Å². The van der Waals surface area contributed by atoms with Crippen molar-refractivity contribution in [2.24, 2.45) is 0 Å². The Labute approximate surface area is 192 Å². The van der Waals surface area contributed by atoms with Crippen LogP contribution in [0.15, 0.2) is 30.5 Å². The number of nitrogens with zero attached hydrogens (tertiary/aromatic N) is 4. The number of carbonyl (C=O) groups is 1. The topological polar surface area (TPSA) is 110 Å². The third-order valence-electron chi connectivity index (χ3n) is 4.87. The van der Waals surface area contributed by atoms with Crippen LogP contribution in [0, 0.1) is 0 Å². The number of rotatable bonds is 8. The highest BCUT2D eigenvalue weighted by atomic mass is 19.4. The van der Waals surface area contributed by atoms with E-state index in [0.717, 1.165) is 6.20 Å². The summed E-state index contributed by atoms with van der Waals surface area (Å²) in [4.78, 5) is 12.9. The smallest absolute Gasteiger partial charge is 0.434 e. The van der Waals surface area contributed by atoms with Crippen LogP contribution in [-0.2, 0) is 6.18 Å². The highest BCUT2D eigenvalue weighted by Gasteiger charge is 2.41. The van der Waals surface area contributed by atoms with E-state index in [4.69, 9.17) is 18.9 Å². The summed E-state index contributed by atoms with van der Waals surface area (Å²) >= 11 is 0. The fraction of sp³-hybridized carbons (Fsp3) is 0.333. The van der Waals surface area contributed by atoms with E-state index in [1.807, 2.05) is 0 Å². The third kappa shape index (κ3) is 4.82. The van der Waals surface area contributed by atoms with Crippen LogP contribution in [0.5, 0.6) is 23.1 Å². The summed E-state index contributed by atoms with van der Waals surface area (Å²) in [5.74, 6) is -0.0964. The lowest BCUT2D eigenvalue weighted by Crippen LogP contribution is -2.29. The van der Waals surface area contributed by atoms with Gasteiger partial charge in [-0.2, -0.15) is 18.3 Å². The largest absolute Gasteiger partial charge is 0.493 e. The minimum absolute atomic E-state index is 0.113. The predicted molar refractivity (Wildman–Crippen MR) is 113 cm³/mol. The molecule has 1 atom stereocenters. The molecule has 10 nitrogen and oxygen atoms in total. The van der Waals surface area contributed by atoms with Crippen molar-refractivity contribution >= 4 is 5.91 Å². The molecule has 3 aromatic rings. The Morgan fingerprint density at radius 2 is 1.65 bits per heavy atom. The van der Waals surface area contributed by atoms with Gasteiger partial charge >= 0.3 is 6.18 Å². The molecule has 182 valence electrons. The van der Waals surface area contributed by atoms with Gasteiger partial charge < -0.3 is 24.3 Å². The molecule has 1 unspecified atom stereocenters. The Hall–Kier alpha value is -4.03. The predicted octanol–water partition coefficient (Wildman–Crippen LogP) is 3.21. The van der Waals surface area contributed by atoms with Crippen LogP contribution < -0.4 is 24.3 Å². The first-order valence-corrected chi connectivity index (χ1v) is 9.78. The monoisotopic (exact) mass is 481 g/mol. The van der Waals surface area contributed by atoms with Crippen LogP contribution in [0.4, 0.5) is 13.2 Å². The average molecular weight is 481 g/mol. The minimum atomic E-state index is -4.90. The number of amides is 1. The Morgan fingerprint density at radius 3 is 2.12 bits per heavy atom. The average Bonchev–Trinajstić information content (AvgIpc) is 3.29. The summed E-state index contributed by atoms with van der Waals surface area (Å²) in [7, 11) is 5.64. The van der Waals surface area contributed by atoms with Crippen molar-refractivity contribution in [3.8, 4) is 28.9 Å². The number of carbonyl (C=O) groups excluding carboxylic acids is 1. The molecule has 0 aliphatic heterocycles. The van der Waals surface area contributed by atoms with Crippen LogP contribution in [0.2, 0.25) is 0 Å². The van der Waals surface area contributed by atoms with Crippen molar-refractivity contribution in [3.63, 3.8) is 0 Å². The number of methoxy groups -OCH3 is 4. The second-order valence-corrected chi connectivity index (χ2v) is 6.90. The SMILES string of the molecule is COc1ccc(-n2ncc(C(=O)NC(C)c3cc(OC)c(OC)c(OC)c3)c2C(F)(F)F)nn1. The molecule has 0 aliphatic rings. The molecule has 0 aliphatic carbocycles. The Morgan fingerprint density at radius 1 is 1.00 bits per heavy atom. The molecular weight excluding hydrogens is 459 g/mol. The standard InChI is InChI=1S/C21H22F3N5O5/c1-11(12-8-14(31-2)18(34-5)15(9-12)32-3)26-20(30)13-10-25-29(19(13)21(22,23)24)16-6-7-17(33-4)28-27-16/h6-11H,1-5H3,(H,26,30). The molecule has 2 heterocycles. The molecule has 0 spiro atoms. The second-order valence-electron chi connectivity index (χ2n) is 6.90. The Bertz CT molecular complexity index is 1140. The van der Waals surface area contributed by atoms with Crippen molar-refractivity contribution in [2.45, 2.75) is 19.1 Å². The van der Waals surface area contributed by atoms with Gasteiger partial charge in [-0.15, -0.1) is 10.2 Å². The molecule has 3 rings (SSSR count). The summed E-state index contributed by atoms with van der Waals surface area (Å²) in [6.45, 7) is 1.60. The number of hydrogen-bond acceptors (Lipinski definition) is 8. The lowest BCUT2D eigenvalue weighted by atomic mass is 10.1. The number of benzene rings is 1. The Kier molecular flexibility index (Phi) is 7.13. The second kappa shape index (κ2) is 9.85. The molecule has 1 aromatic carbocycles. The van der Waals surface area contributed by atoms with Gasteiger partial charge in [0.25, 0.3) is 5.91 Å². The van der Waals surface area contributed by atoms with Crippen LogP contribution in [0.3, 0.4) is 0 Å². The Balaban J connectivity index is 1.95.